The van der Waals surface area contributed by atoms with E-state index in [0.29, 0.717) is 5.71 Å². The van der Waals surface area contributed by atoms with Gasteiger partial charge in [0.05, 0.1) is 23.0 Å². The molecule has 7 rings (SSSR count). The van der Waals surface area contributed by atoms with Gasteiger partial charge < -0.3 is 34.4 Å². The Kier molecular flexibility index (Phi) is 6.94. The summed E-state index contributed by atoms with van der Waals surface area (Å²) in [6, 6.07) is 1.89. The summed E-state index contributed by atoms with van der Waals surface area (Å²) in [5, 5.41) is 25.8. The molecule has 4 aromatic heterocycles. The van der Waals surface area contributed by atoms with Crippen molar-refractivity contribution in [3.05, 3.63) is 67.7 Å². The molecule has 0 aromatic carbocycles. The lowest BCUT2D eigenvalue weighted by molar-refractivity contribution is 0.0684. The van der Waals surface area contributed by atoms with Gasteiger partial charge in [0.1, 0.15) is 29.5 Å². The van der Waals surface area contributed by atoms with Crippen LogP contribution in [0, 0.1) is 17.6 Å². The fraction of sp³-hybridized carbons (Fsp3) is 0.367. The summed E-state index contributed by atoms with van der Waals surface area (Å²) in [6.07, 6.45) is 5.57. The third-order valence-electron chi connectivity index (χ3n) is 8.53. The van der Waals surface area contributed by atoms with Gasteiger partial charge >= 0.3 is 11.9 Å². The van der Waals surface area contributed by atoms with Gasteiger partial charge in [0.25, 0.3) is 0 Å². The van der Waals surface area contributed by atoms with Gasteiger partial charge in [-0.25, -0.2) is 28.3 Å². The molecule has 3 fully saturated rings. The fourth-order valence-corrected chi connectivity index (χ4v) is 5.94. The molecule has 3 N–H and O–H groups in total. The first-order valence-corrected chi connectivity index (χ1v) is 14.6. The van der Waals surface area contributed by atoms with Crippen LogP contribution in [0.3, 0.4) is 0 Å². The zero-order chi connectivity index (χ0) is 32.4. The zero-order valence-corrected chi connectivity index (χ0v) is 24.4. The van der Waals surface area contributed by atoms with E-state index in [0.717, 1.165) is 37.8 Å². The van der Waals surface area contributed by atoms with Gasteiger partial charge in [0.15, 0.2) is 23.3 Å². The number of carboxylic acid groups (broad SMARTS) is 2. The minimum atomic E-state index is -1.40. The summed E-state index contributed by atoms with van der Waals surface area (Å²) in [4.78, 5) is 64.4. The van der Waals surface area contributed by atoms with E-state index in [9.17, 15) is 29.4 Å². The zero-order valence-electron chi connectivity index (χ0n) is 24.4. The van der Waals surface area contributed by atoms with E-state index in [2.05, 4.69) is 20.4 Å². The van der Waals surface area contributed by atoms with Crippen molar-refractivity contribution in [2.45, 2.75) is 37.8 Å². The van der Waals surface area contributed by atoms with E-state index in [-0.39, 0.29) is 65.4 Å². The Bertz CT molecular complexity index is 2120. The number of nitrogens with zero attached hydrogens (tertiary/aromatic N) is 6. The second-order valence-electron chi connectivity index (χ2n) is 11.7. The highest BCUT2D eigenvalue weighted by molar-refractivity contribution is 5.96. The van der Waals surface area contributed by atoms with Gasteiger partial charge in [-0.3, -0.25) is 9.59 Å². The molecule has 0 spiro atoms. The number of pyridine rings is 4. The summed E-state index contributed by atoms with van der Waals surface area (Å²) in [7, 11) is 1.36. The highest BCUT2D eigenvalue weighted by Gasteiger charge is 2.34. The number of carboxylic acids is 2. The molecule has 46 heavy (non-hydrogen) atoms. The Labute approximate surface area is 257 Å². The third-order valence-corrected chi connectivity index (χ3v) is 8.53. The number of carbonyl (C=O) groups is 2. The number of hydrogen-bond acceptors (Lipinski definition) is 10. The van der Waals surface area contributed by atoms with Gasteiger partial charge in [0.2, 0.25) is 10.9 Å². The normalized spacial score (nSPS) is 18.9. The molecule has 1 atom stereocenters. The average Bonchev–Trinajstić information content (AvgIpc) is 3.95. The number of aromatic carboxylic acids is 2. The maximum atomic E-state index is 15.5. The number of aromatic nitrogens is 4. The van der Waals surface area contributed by atoms with Crippen LogP contribution in [-0.4, -0.2) is 73.7 Å². The van der Waals surface area contributed by atoms with Crippen LogP contribution >= 0.6 is 0 Å². The molecule has 238 valence electrons. The summed E-state index contributed by atoms with van der Waals surface area (Å²) in [5.74, 6) is -5.13. The van der Waals surface area contributed by atoms with Crippen LogP contribution in [-0.2, 0) is 4.84 Å². The van der Waals surface area contributed by atoms with Crippen molar-refractivity contribution in [2.75, 3.05) is 37.0 Å². The summed E-state index contributed by atoms with van der Waals surface area (Å²) in [5.41, 5.74) is -1.72. The number of nitrogens with one attached hydrogen (secondary N) is 1. The summed E-state index contributed by atoms with van der Waals surface area (Å²) in [6.45, 7) is 0.359. The van der Waals surface area contributed by atoms with Crippen LogP contribution in [0.5, 0.6) is 0 Å². The molecule has 3 aliphatic rings. The average molecular weight is 636 g/mol. The highest BCUT2D eigenvalue weighted by atomic mass is 19.1. The van der Waals surface area contributed by atoms with Gasteiger partial charge in [-0.05, 0) is 37.8 Å². The quantitative estimate of drug-likeness (QED) is 0.230. The van der Waals surface area contributed by atoms with Crippen LogP contribution in [0.2, 0.25) is 0 Å². The molecule has 2 saturated carbocycles. The van der Waals surface area contributed by atoms with Gasteiger partial charge in [-0.2, -0.15) is 0 Å². The molecule has 16 heteroatoms. The van der Waals surface area contributed by atoms with Crippen molar-refractivity contribution in [2.24, 2.45) is 11.1 Å². The second-order valence-corrected chi connectivity index (χ2v) is 11.7. The van der Waals surface area contributed by atoms with Crippen LogP contribution in [0.1, 0.15) is 58.5 Å². The summed E-state index contributed by atoms with van der Waals surface area (Å²) < 4.78 is 34.0. The number of hydrogen-bond donors (Lipinski definition) is 3. The predicted molar refractivity (Wildman–Crippen MR) is 161 cm³/mol. The maximum absolute atomic E-state index is 15.5. The molecular formula is C30H27F2N7O7. The Morgan fingerprint density at radius 1 is 0.935 bits per heavy atom. The number of fused-ring (bicyclic) bond motifs is 2. The lowest BCUT2D eigenvalue weighted by Crippen LogP contribution is -2.26. The molecule has 1 saturated heterocycles. The Morgan fingerprint density at radius 2 is 1.48 bits per heavy atom. The molecular weight excluding hydrogens is 608 g/mol. The molecule has 1 aliphatic heterocycles. The highest BCUT2D eigenvalue weighted by Crippen LogP contribution is 2.38. The van der Waals surface area contributed by atoms with E-state index in [4.69, 9.17) is 4.84 Å². The van der Waals surface area contributed by atoms with Crippen LogP contribution < -0.4 is 21.1 Å². The van der Waals surface area contributed by atoms with Gasteiger partial charge in [-0.1, -0.05) is 5.16 Å². The fourth-order valence-electron chi connectivity index (χ4n) is 5.94. The van der Waals surface area contributed by atoms with E-state index in [1.165, 1.54) is 19.5 Å². The molecule has 0 bridgehead atoms. The molecule has 5 heterocycles. The minimum Gasteiger partial charge on any atom is -0.477 e. The molecule has 0 radical (unpaired) electrons. The second kappa shape index (κ2) is 10.9. The smallest absolute Gasteiger partial charge is 0.341 e. The van der Waals surface area contributed by atoms with E-state index in [1.54, 1.807) is 14.0 Å². The van der Waals surface area contributed by atoms with Crippen molar-refractivity contribution in [3.8, 4) is 0 Å². The van der Waals surface area contributed by atoms with E-state index < -0.39 is 51.5 Å². The van der Waals surface area contributed by atoms with Crippen molar-refractivity contribution in [1.82, 2.24) is 19.1 Å². The van der Waals surface area contributed by atoms with Crippen LogP contribution in [0.15, 0.2) is 39.3 Å². The first-order valence-electron chi connectivity index (χ1n) is 14.6. The topological polar surface area (TPSA) is 181 Å². The van der Waals surface area contributed by atoms with E-state index in [1.807, 2.05) is 0 Å². The SMILES string of the molecule is CON=C1CN(c2nc3c(cc2F)c(=O)c(C(=O)O)cn3C2CC2)CC1CNc1nc2c(cc1F)c(=O)c(C(=O)O)cn2C1CC1. The van der Waals surface area contributed by atoms with Crippen molar-refractivity contribution >= 4 is 51.4 Å². The first kappa shape index (κ1) is 29.3. The molecule has 14 nitrogen and oxygen atoms in total. The Morgan fingerprint density at radius 3 is 2.00 bits per heavy atom. The van der Waals surface area contributed by atoms with Crippen LogP contribution in [0.4, 0.5) is 20.4 Å². The standard InChI is InChI=1S/C30H27F2N7O7/c1-46-36-22-12-37(28-21(32)7-17-24(41)19(30(44)45)11-39(15-4-5-15)27(17)35-28)9-13(22)8-33-25-20(31)6-16-23(40)18(29(42)43)10-38(14-2-3-14)26(16)34-25/h6-7,10-11,13-15H,2-5,8-9,12H2,1H3,(H,33,34)(H,42,43)(H,44,45). The van der Waals surface area contributed by atoms with Crippen molar-refractivity contribution in [3.63, 3.8) is 0 Å². The van der Waals surface area contributed by atoms with Crippen molar-refractivity contribution in [1.29, 1.82) is 0 Å². The number of oxime groups is 1. The first-order chi connectivity index (χ1) is 22.0. The Hall–Kier alpha value is -5.41. The largest absolute Gasteiger partial charge is 0.477 e. The van der Waals surface area contributed by atoms with Crippen molar-refractivity contribution < 1.29 is 33.4 Å². The van der Waals surface area contributed by atoms with Gasteiger partial charge in [0, 0.05) is 43.5 Å². The minimum absolute atomic E-state index is 0.0489. The number of halogens is 2. The summed E-state index contributed by atoms with van der Waals surface area (Å²) >= 11 is 0. The molecule has 1 unspecified atom stereocenters. The number of rotatable bonds is 9. The third kappa shape index (κ3) is 4.98. The Balaban J connectivity index is 1.20. The van der Waals surface area contributed by atoms with Crippen LogP contribution in [0.25, 0.3) is 22.1 Å². The molecule has 0 amide bonds. The molecule has 4 aromatic rings. The monoisotopic (exact) mass is 635 g/mol. The maximum Gasteiger partial charge on any atom is 0.341 e. The predicted octanol–water partition coefficient (Wildman–Crippen LogP) is 3.00. The number of anilines is 2. The lowest BCUT2D eigenvalue weighted by Gasteiger charge is -2.20. The van der Waals surface area contributed by atoms with Gasteiger partial charge in [-0.15, -0.1) is 0 Å². The lowest BCUT2D eigenvalue weighted by atomic mass is 10.1. The molecule has 2 aliphatic carbocycles. The van der Waals surface area contributed by atoms with E-state index >= 15 is 8.78 Å².